The van der Waals surface area contributed by atoms with Crippen LogP contribution < -0.4 is 14.8 Å². The molecule has 2 aromatic carbocycles. The van der Waals surface area contributed by atoms with Gasteiger partial charge in [-0.3, -0.25) is 0 Å². The van der Waals surface area contributed by atoms with Crippen LogP contribution in [-0.2, 0) is 13.1 Å². The smallest absolute Gasteiger partial charge is 0.173 e. The molecular formula is C24H30N4O2S. The standard InChI is InChI=1S/C24H30N4O2S/c1-18-6-8-21(14-19(18)2)26-24(31)28(12-5-11-27-13-10-25-17-27)16-20-7-9-22(29-3)15-23(20)30-4/h6-10,13-15,17H,5,11-12,16H2,1-4H3,(H,26,31). The van der Waals surface area contributed by atoms with Crippen molar-refractivity contribution in [3.05, 3.63) is 71.8 Å². The number of aryl methyl sites for hydroxylation is 3. The second-order valence-corrected chi connectivity index (χ2v) is 7.87. The molecule has 0 saturated carbocycles. The Morgan fingerprint density at radius 3 is 2.61 bits per heavy atom. The van der Waals surface area contributed by atoms with E-state index in [1.165, 1.54) is 11.1 Å². The molecule has 0 aliphatic heterocycles. The zero-order chi connectivity index (χ0) is 22.2. The van der Waals surface area contributed by atoms with Crippen LogP contribution in [0.4, 0.5) is 5.69 Å². The van der Waals surface area contributed by atoms with Gasteiger partial charge >= 0.3 is 0 Å². The Labute approximate surface area is 189 Å². The van der Waals surface area contributed by atoms with Crippen molar-refractivity contribution in [1.82, 2.24) is 14.5 Å². The van der Waals surface area contributed by atoms with Crippen molar-refractivity contribution < 1.29 is 9.47 Å². The summed E-state index contributed by atoms with van der Waals surface area (Å²) in [4.78, 5) is 6.29. The first kappa shape index (κ1) is 22.6. The fourth-order valence-corrected chi connectivity index (χ4v) is 3.60. The predicted molar refractivity (Wildman–Crippen MR) is 129 cm³/mol. The Balaban J connectivity index is 1.76. The van der Waals surface area contributed by atoms with Gasteiger partial charge in [-0.1, -0.05) is 6.07 Å². The van der Waals surface area contributed by atoms with Gasteiger partial charge in [0.2, 0.25) is 0 Å². The van der Waals surface area contributed by atoms with E-state index in [2.05, 4.69) is 51.8 Å². The van der Waals surface area contributed by atoms with Crippen molar-refractivity contribution in [3.63, 3.8) is 0 Å². The Bertz CT molecular complexity index is 1000. The summed E-state index contributed by atoms with van der Waals surface area (Å²) in [5.41, 5.74) is 4.54. The molecule has 0 amide bonds. The lowest BCUT2D eigenvalue weighted by molar-refractivity contribution is 0.366. The van der Waals surface area contributed by atoms with Gasteiger partial charge in [0.25, 0.3) is 0 Å². The number of thiocarbonyl (C=S) groups is 1. The lowest BCUT2D eigenvalue weighted by Gasteiger charge is -2.27. The average molecular weight is 439 g/mol. The zero-order valence-electron chi connectivity index (χ0n) is 18.6. The summed E-state index contributed by atoms with van der Waals surface area (Å²) in [6.45, 7) is 6.52. The Kier molecular flexibility index (Phi) is 7.89. The minimum Gasteiger partial charge on any atom is -0.497 e. The van der Waals surface area contributed by atoms with E-state index < -0.39 is 0 Å². The molecule has 0 aliphatic carbocycles. The Morgan fingerprint density at radius 2 is 1.94 bits per heavy atom. The SMILES string of the molecule is COc1ccc(CN(CCCn2ccnc2)C(=S)Nc2ccc(C)c(C)c2)c(OC)c1. The highest BCUT2D eigenvalue weighted by Gasteiger charge is 2.15. The lowest BCUT2D eigenvalue weighted by atomic mass is 10.1. The molecule has 0 fully saturated rings. The molecule has 0 bridgehead atoms. The Morgan fingerprint density at radius 1 is 1.10 bits per heavy atom. The molecule has 31 heavy (non-hydrogen) atoms. The first-order chi connectivity index (χ1) is 15.0. The minimum absolute atomic E-state index is 0.633. The monoisotopic (exact) mass is 438 g/mol. The molecule has 164 valence electrons. The molecule has 6 nitrogen and oxygen atoms in total. The molecule has 3 aromatic rings. The van der Waals surface area contributed by atoms with Crippen molar-refractivity contribution in [2.45, 2.75) is 33.4 Å². The molecule has 0 aliphatic rings. The predicted octanol–water partition coefficient (Wildman–Crippen LogP) is 4.81. The quantitative estimate of drug-likeness (QED) is 0.484. The number of aromatic nitrogens is 2. The maximum absolute atomic E-state index is 5.80. The van der Waals surface area contributed by atoms with Crippen LogP contribution in [-0.4, -0.2) is 40.3 Å². The maximum Gasteiger partial charge on any atom is 0.173 e. The van der Waals surface area contributed by atoms with E-state index >= 15 is 0 Å². The number of imidazole rings is 1. The van der Waals surface area contributed by atoms with Crippen LogP contribution in [0.3, 0.4) is 0 Å². The van der Waals surface area contributed by atoms with Gasteiger partial charge in [-0.05, 0) is 67.9 Å². The van der Waals surface area contributed by atoms with E-state index in [1.807, 2.05) is 30.7 Å². The molecule has 7 heteroatoms. The minimum atomic E-state index is 0.633. The van der Waals surface area contributed by atoms with Gasteiger partial charge in [0.15, 0.2) is 5.11 Å². The van der Waals surface area contributed by atoms with Gasteiger partial charge in [-0.25, -0.2) is 4.98 Å². The molecule has 1 aromatic heterocycles. The summed E-state index contributed by atoms with van der Waals surface area (Å²) >= 11 is 5.80. The van der Waals surface area contributed by atoms with Gasteiger partial charge in [-0.2, -0.15) is 0 Å². The van der Waals surface area contributed by atoms with Crippen LogP contribution in [0.1, 0.15) is 23.1 Å². The van der Waals surface area contributed by atoms with Crippen molar-refractivity contribution in [2.24, 2.45) is 0 Å². The molecule has 0 unspecified atom stereocenters. The third kappa shape index (κ3) is 6.21. The number of methoxy groups -OCH3 is 2. The number of hydrogen-bond donors (Lipinski definition) is 1. The van der Waals surface area contributed by atoms with Crippen molar-refractivity contribution in [3.8, 4) is 11.5 Å². The highest BCUT2D eigenvalue weighted by molar-refractivity contribution is 7.80. The maximum atomic E-state index is 5.80. The second-order valence-electron chi connectivity index (χ2n) is 7.48. The highest BCUT2D eigenvalue weighted by Crippen LogP contribution is 2.26. The number of ether oxygens (including phenoxy) is 2. The van der Waals surface area contributed by atoms with Crippen LogP contribution in [0.15, 0.2) is 55.1 Å². The van der Waals surface area contributed by atoms with E-state index in [0.29, 0.717) is 11.7 Å². The summed E-state index contributed by atoms with van der Waals surface area (Å²) in [5, 5.41) is 4.09. The second kappa shape index (κ2) is 10.8. The molecule has 1 N–H and O–H groups in total. The van der Waals surface area contributed by atoms with Crippen LogP contribution in [0.25, 0.3) is 0 Å². The largest absolute Gasteiger partial charge is 0.497 e. The van der Waals surface area contributed by atoms with E-state index in [4.69, 9.17) is 21.7 Å². The Hall–Kier alpha value is -3.06. The third-order valence-corrected chi connectivity index (χ3v) is 5.66. The van der Waals surface area contributed by atoms with E-state index in [1.54, 1.807) is 20.4 Å². The third-order valence-electron chi connectivity index (χ3n) is 5.30. The van der Waals surface area contributed by atoms with Crippen LogP contribution in [0.5, 0.6) is 11.5 Å². The van der Waals surface area contributed by atoms with Crippen LogP contribution in [0.2, 0.25) is 0 Å². The molecule has 0 radical (unpaired) electrons. The number of nitrogens with one attached hydrogen (secondary N) is 1. The number of rotatable bonds is 9. The van der Waals surface area contributed by atoms with Crippen LogP contribution >= 0.6 is 12.2 Å². The van der Waals surface area contributed by atoms with Crippen molar-refractivity contribution in [2.75, 3.05) is 26.1 Å². The molecule has 0 atom stereocenters. The summed E-state index contributed by atoms with van der Waals surface area (Å²) in [6, 6.07) is 12.2. The number of anilines is 1. The summed E-state index contributed by atoms with van der Waals surface area (Å²) in [7, 11) is 3.33. The van der Waals surface area contributed by atoms with Gasteiger partial charge in [0.1, 0.15) is 11.5 Å². The number of nitrogens with zero attached hydrogens (tertiary/aromatic N) is 3. The van der Waals surface area contributed by atoms with Crippen molar-refractivity contribution in [1.29, 1.82) is 0 Å². The fourth-order valence-electron chi connectivity index (χ4n) is 3.33. The molecule has 1 heterocycles. The summed E-state index contributed by atoms with van der Waals surface area (Å²) < 4.78 is 13.0. The van der Waals surface area contributed by atoms with E-state index in [0.717, 1.165) is 42.3 Å². The van der Waals surface area contributed by atoms with Gasteiger partial charge in [-0.15, -0.1) is 0 Å². The first-order valence-corrected chi connectivity index (χ1v) is 10.7. The highest BCUT2D eigenvalue weighted by atomic mass is 32.1. The summed E-state index contributed by atoms with van der Waals surface area (Å²) in [5.74, 6) is 1.55. The van der Waals surface area contributed by atoms with E-state index in [-0.39, 0.29) is 0 Å². The molecule has 0 saturated heterocycles. The van der Waals surface area contributed by atoms with E-state index in [9.17, 15) is 0 Å². The zero-order valence-corrected chi connectivity index (χ0v) is 19.4. The number of hydrogen-bond acceptors (Lipinski definition) is 4. The van der Waals surface area contributed by atoms with Gasteiger partial charge in [0.05, 0.1) is 20.5 Å². The molecule has 3 rings (SSSR count). The van der Waals surface area contributed by atoms with Gasteiger partial charge in [0, 0.05) is 49.3 Å². The molecular weight excluding hydrogens is 408 g/mol. The first-order valence-electron chi connectivity index (χ1n) is 10.3. The topological polar surface area (TPSA) is 51.5 Å². The molecule has 0 spiro atoms. The van der Waals surface area contributed by atoms with Gasteiger partial charge < -0.3 is 24.3 Å². The normalized spacial score (nSPS) is 10.6. The average Bonchev–Trinajstić information content (AvgIpc) is 3.29. The lowest BCUT2D eigenvalue weighted by Crippen LogP contribution is -2.35. The van der Waals surface area contributed by atoms with Crippen molar-refractivity contribution >= 4 is 23.0 Å². The summed E-state index contributed by atoms with van der Waals surface area (Å²) in [6.07, 6.45) is 6.54. The van der Waals surface area contributed by atoms with Crippen LogP contribution in [0, 0.1) is 13.8 Å². The fraction of sp³-hybridized carbons (Fsp3) is 0.333. The number of benzene rings is 2.